The van der Waals surface area contributed by atoms with Gasteiger partial charge in [0, 0.05) is 6.08 Å². The van der Waals surface area contributed by atoms with E-state index in [9.17, 15) is 9.59 Å². The summed E-state index contributed by atoms with van der Waals surface area (Å²) in [5.41, 5.74) is 0.945. The Morgan fingerprint density at radius 1 is 1.20 bits per heavy atom. The largest absolute Gasteiger partial charge is 0.478 e. The predicted octanol–water partition coefficient (Wildman–Crippen LogP) is 1.55. The van der Waals surface area contributed by atoms with Gasteiger partial charge >= 0.3 is 11.9 Å². The minimum atomic E-state index is -1.27. The molecule has 78 valence electrons. The number of benzene rings is 1. The third-order valence-electron chi connectivity index (χ3n) is 1.93. The molecule has 4 nitrogen and oxygen atoms in total. The molecule has 0 aliphatic rings. The second kappa shape index (κ2) is 4.41. The van der Waals surface area contributed by atoms with Crippen molar-refractivity contribution in [3.63, 3.8) is 0 Å². The van der Waals surface area contributed by atoms with E-state index in [0.29, 0.717) is 11.6 Å². The van der Waals surface area contributed by atoms with Gasteiger partial charge in [-0.1, -0.05) is 24.3 Å². The van der Waals surface area contributed by atoms with Crippen LogP contribution in [0.5, 0.6) is 0 Å². The second-order valence-electron chi connectivity index (χ2n) is 3.02. The van der Waals surface area contributed by atoms with Crippen molar-refractivity contribution in [3.8, 4) is 0 Å². The zero-order chi connectivity index (χ0) is 11.4. The number of carboxylic acid groups (broad SMARTS) is 2. The highest BCUT2D eigenvalue weighted by molar-refractivity contribution is 6.19. The SMILES string of the molecule is Cc1ccccc1/C(=C/C(=O)O)C(=O)O. The lowest BCUT2D eigenvalue weighted by Gasteiger charge is -2.04. The van der Waals surface area contributed by atoms with Crippen LogP contribution in [0.1, 0.15) is 11.1 Å². The van der Waals surface area contributed by atoms with E-state index in [0.717, 1.165) is 5.56 Å². The fourth-order valence-corrected chi connectivity index (χ4v) is 1.25. The Bertz CT molecular complexity index is 432. The Morgan fingerprint density at radius 2 is 1.80 bits per heavy atom. The summed E-state index contributed by atoms with van der Waals surface area (Å²) in [6.07, 6.45) is 0.699. The molecular formula is C11H10O4. The lowest BCUT2D eigenvalue weighted by Crippen LogP contribution is -2.04. The average Bonchev–Trinajstić information content (AvgIpc) is 2.15. The van der Waals surface area contributed by atoms with Crippen LogP contribution in [0.25, 0.3) is 5.57 Å². The smallest absolute Gasteiger partial charge is 0.336 e. The lowest BCUT2D eigenvalue weighted by atomic mass is 10.0. The summed E-state index contributed by atoms with van der Waals surface area (Å²) < 4.78 is 0. The number of carboxylic acids is 2. The molecule has 0 fully saturated rings. The van der Waals surface area contributed by atoms with Gasteiger partial charge in [0.25, 0.3) is 0 Å². The van der Waals surface area contributed by atoms with Gasteiger partial charge in [-0.05, 0) is 18.1 Å². The molecule has 0 heterocycles. The van der Waals surface area contributed by atoms with E-state index in [-0.39, 0.29) is 5.57 Å². The maximum atomic E-state index is 10.9. The lowest BCUT2D eigenvalue weighted by molar-refractivity contribution is -0.133. The van der Waals surface area contributed by atoms with Crippen molar-refractivity contribution in [1.29, 1.82) is 0 Å². The fraction of sp³-hybridized carbons (Fsp3) is 0.0909. The fourth-order valence-electron chi connectivity index (χ4n) is 1.25. The first-order valence-electron chi connectivity index (χ1n) is 4.26. The molecule has 2 N–H and O–H groups in total. The molecule has 0 aliphatic carbocycles. The van der Waals surface area contributed by atoms with Crippen LogP contribution in [0.4, 0.5) is 0 Å². The molecule has 0 amide bonds. The number of rotatable bonds is 3. The molecule has 0 unspecified atom stereocenters. The number of carbonyl (C=O) groups is 2. The van der Waals surface area contributed by atoms with Gasteiger partial charge in [-0.3, -0.25) is 0 Å². The minimum Gasteiger partial charge on any atom is -0.478 e. The third-order valence-corrected chi connectivity index (χ3v) is 1.93. The molecule has 0 spiro atoms. The molecule has 0 aromatic heterocycles. The van der Waals surface area contributed by atoms with Gasteiger partial charge in [-0.2, -0.15) is 0 Å². The van der Waals surface area contributed by atoms with Crippen LogP contribution in [0.2, 0.25) is 0 Å². The van der Waals surface area contributed by atoms with Crippen molar-refractivity contribution in [1.82, 2.24) is 0 Å². The number of hydrogen-bond donors (Lipinski definition) is 2. The van der Waals surface area contributed by atoms with Crippen molar-refractivity contribution in [3.05, 3.63) is 41.5 Å². The zero-order valence-corrected chi connectivity index (χ0v) is 8.10. The van der Waals surface area contributed by atoms with E-state index >= 15 is 0 Å². The highest BCUT2D eigenvalue weighted by Gasteiger charge is 2.13. The molecule has 0 aliphatic heterocycles. The van der Waals surface area contributed by atoms with Gasteiger partial charge in [-0.15, -0.1) is 0 Å². The van der Waals surface area contributed by atoms with E-state index in [2.05, 4.69) is 0 Å². The molecule has 15 heavy (non-hydrogen) atoms. The van der Waals surface area contributed by atoms with Crippen molar-refractivity contribution in [2.24, 2.45) is 0 Å². The monoisotopic (exact) mass is 206 g/mol. The maximum Gasteiger partial charge on any atom is 0.336 e. The molecule has 0 bridgehead atoms. The van der Waals surface area contributed by atoms with Crippen LogP contribution >= 0.6 is 0 Å². The summed E-state index contributed by atoms with van der Waals surface area (Å²) >= 11 is 0. The predicted molar refractivity (Wildman–Crippen MR) is 54.4 cm³/mol. The standard InChI is InChI=1S/C11H10O4/c1-7-4-2-3-5-8(7)9(11(14)15)6-10(12)13/h2-6H,1H3,(H,12,13)(H,14,15)/b9-6-. The van der Waals surface area contributed by atoms with E-state index in [1.54, 1.807) is 31.2 Å². The number of aryl methyl sites for hydroxylation is 1. The van der Waals surface area contributed by atoms with Crippen molar-refractivity contribution in [2.75, 3.05) is 0 Å². The quantitative estimate of drug-likeness (QED) is 0.736. The van der Waals surface area contributed by atoms with E-state index < -0.39 is 11.9 Å². The second-order valence-corrected chi connectivity index (χ2v) is 3.02. The van der Waals surface area contributed by atoms with Crippen molar-refractivity contribution < 1.29 is 19.8 Å². The Kier molecular flexibility index (Phi) is 3.23. The van der Waals surface area contributed by atoms with Gasteiger partial charge in [0.2, 0.25) is 0 Å². The molecule has 0 atom stereocenters. The Morgan fingerprint density at radius 3 is 2.27 bits per heavy atom. The van der Waals surface area contributed by atoms with Gasteiger partial charge in [0.1, 0.15) is 0 Å². The Labute approximate surface area is 86.5 Å². The summed E-state index contributed by atoms with van der Waals surface area (Å²) in [5.74, 6) is -2.51. The van der Waals surface area contributed by atoms with E-state index in [1.165, 1.54) is 0 Å². The highest BCUT2D eigenvalue weighted by atomic mass is 16.4. The van der Waals surface area contributed by atoms with Crippen LogP contribution in [-0.4, -0.2) is 22.2 Å². The van der Waals surface area contributed by atoms with Gasteiger partial charge < -0.3 is 10.2 Å². The summed E-state index contributed by atoms with van der Waals surface area (Å²) in [4.78, 5) is 21.3. The molecule has 4 heteroatoms. The molecule has 1 rings (SSSR count). The first-order valence-corrected chi connectivity index (χ1v) is 4.26. The Hall–Kier alpha value is -2.10. The molecule has 1 aromatic carbocycles. The van der Waals surface area contributed by atoms with Crippen LogP contribution < -0.4 is 0 Å². The first kappa shape index (κ1) is 11.0. The van der Waals surface area contributed by atoms with Crippen molar-refractivity contribution in [2.45, 2.75) is 6.92 Å². The first-order chi connectivity index (χ1) is 7.02. The molecule has 0 saturated heterocycles. The summed E-state index contributed by atoms with van der Waals surface area (Å²) in [6.45, 7) is 1.73. The number of aliphatic carboxylic acids is 2. The van der Waals surface area contributed by atoms with Gasteiger partial charge in [0.05, 0.1) is 5.57 Å². The zero-order valence-electron chi connectivity index (χ0n) is 8.10. The molecule has 0 radical (unpaired) electrons. The van der Waals surface area contributed by atoms with Crippen molar-refractivity contribution >= 4 is 17.5 Å². The number of hydrogen-bond acceptors (Lipinski definition) is 2. The van der Waals surface area contributed by atoms with Gasteiger partial charge in [-0.25, -0.2) is 9.59 Å². The summed E-state index contributed by atoms with van der Waals surface area (Å²) in [6, 6.07) is 6.74. The summed E-state index contributed by atoms with van der Waals surface area (Å²) in [5, 5.41) is 17.4. The van der Waals surface area contributed by atoms with Crippen LogP contribution in [0, 0.1) is 6.92 Å². The third kappa shape index (κ3) is 2.67. The van der Waals surface area contributed by atoms with E-state index in [1.807, 2.05) is 0 Å². The molecular weight excluding hydrogens is 196 g/mol. The average molecular weight is 206 g/mol. The summed E-state index contributed by atoms with van der Waals surface area (Å²) in [7, 11) is 0. The molecule has 1 aromatic rings. The van der Waals surface area contributed by atoms with Crippen LogP contribution in [0.3, 0.4) is 0 Å². The highest BCUT2D eigenvalue weighted by Crippen LogP contribution is 2.18. The van der Waals surface area contributed by atoms with Gasteiger partial charge in [0.15, 0.2) is 0 Å². The van der Waals surface area contributed by atoms with Crippen LogP contribution in [-0.2, 0) is 9.59 Å². The van der Waals surface area contributed by atoms with Crippen LogP contribution in [0.15, 0.2) is 30.3 Å². The topological polar surface area (TPSA) is 74.6 Å². The Balaban J connectivity index is 3.29. The minimum absolute atomic E-state index is 0.208. The molecule has 0 saturated carbocycles. The normalized spacial score (nSPS) is 11.1. The van der Waals surface area contributed by atoms with E-state index in [4.69, 9.17) is 10.2 Å². The maximum absolute atomic E-state index is 10.9.